The van der Waals surface area contributed by atoms with E-state index in [2.05, 4.69) is 36.4 Å². The van der Waals surface area contributed by atoms with E-state index in [4.69, 9.17) is 0 Å². The quantitative estimate of drug-likeness (QED) is 0.856. The Bertz CT molecular complexity index is 760. The van der Waals surface area contributed by atoms with E-state index >= 15 is 0 Å². The molecule has 1 N–H and O–H groups in total. The Balaban J connectivity index is 1.74. The van der Waals surface area contributed by atoms with Crippen LogP contribution in [0.25, 0.3) is 11.1 Å². The summed E-state index contributed by atoms with van der Waals surface area (Å²) in [6.07, 6.45) is 3.40. The lowest BCUT2D eigenvalue weighted by molar-refractivity contribution is 0.151. The van der Waals surface area contributed by atoms with Gasteiger partial charge in [-0.3, -0.25) is 4.90 Å². The monoisotopic (exact) mass is 356 g/mol. The highest BCUT2D eigenvalue weighted by Gasteiger charge is 2.42. The summed E-state index contributed by atoms with van der Waals surface area (Å²) in [6.45, 7) is 2.06. The SMILES string of the molecule is Cc1ccc(N(C(=O)O)[C@H]2C[C@H]3CC[C@@H](C2)N3C)c(-c2ccsc2)c1. The number of hydrogen-bond acceptors (Lipinski definition) is 3. The fraction of sp³-hybridized carbons (Fsp3) is 0.450. The average Bonchev–Trinajstić information content (AvgIpc) is 3.16. The lowest BCUT2D eigenvalue weighted by atomic mass is 9.94. The number of hydrogen-bond donors (Lipinski definition) is 1. The first-order valence-corrected chi connectivity index (χ1v) is 9.86. The highest BCUT2D eigenvalue weighted by Crippen LogP contribution is 2.40. The van der Waals surface area contributed by atoms with Gasteiger partial charge in [0.2, 0.25) is 0 Å². The van der Waals surface area contributed by atoms with E-state index < -0.39 is 6.09 Å². The van der Waals surface area contributed by atoms with Crippen molar-refractivity contribution in [2.75, 3.05) is 11.9 Å². The summed E-state index contributed by atoms with van der Waals surface area (Å²) in [4.78, 5) is 16.3. The largest absolute Gasteiger partial charge is 0.465 e. The van der Waals surface area contributed by atoms with Gasteiger partial charge in [-0.15, -0.1) is 0 Å². The van der Waals surface area contributed by atoms with E-state index in [9.17, 15) is 9.90 Å². The first kappa shape index (κ1) is 16.6. The lowest BCUT2D eigenvalue weighted by Gasteiger charge is -2.41. The van der Waals surface area contributed by atoms with Crippen molar-refractivity contribution in [3.63, 3.8) is 0 Å². The third kappa shape index (κ3) is 2.96. The Hall–Kier alpha value is -1.85. The number of carbonyl (C=O) groups is 1. The standard InChI is InChI=1S/C20H24N2O2S/c1-13-3-6-19(18(9-13)14-7-8-25-12-14)22(20(23)24)17-10-15-4-5-16(11-17)21(15)2/h3,6-9,12,15-17H,4-5,10-11H2,1-2H3,(H,23,24)/t15-,16+,17+. The Kier molecular flexibility index (Phi) is 4.29. The molecule has 132 valence electrons. The van der Waals surface area contributed by atoms with Crippen LogP contribution < -0.4 is 4.90 Å². The number of thiophene rings is 1. The van der Waals surface area contributed by atoms with Crippen LogP contribution in [-0.2, 0) is 0 Å². The molecule has 5 heteroatoms. The molecular weight excluding hydrogens is 332 g/mol. The number of anilines is 1. The van der Waals surface area contributed by atoms with Crippen LogP contribution in [0.3, 0.4) is 0 Å². The van der Waals surface area contributed by atoms with Crippen molar-refractivity contribution in [1.82, 2.24) is 4.90 Å². The Morgan fingerprint density at radius 3 is 2.56 bits per heavy atom. The molecule has 2 aliphatic rings. The molecule has 4 rings (SSSR count). The zero-order chi connectivity index (χ0) is 17.6. The van der Waals surface area contributed by atoms with Crippen LogP contribution in [0.1, 0.15) is 31.2 Å². The zero-order valence-electron chi connectivity index (χ0n) is 14.7. The van der Waals surface area contributed by atoms with E-state index in [0.717, 1.165) is 35.2 Å². The average molecular weight is 356 g/mol. The molecule has 2 aromatic rings. The second kappa shape index (κ2) is 6.46. The third-order valence-corrected chi connectivity index (χ3v) is 6.57. The predicted octanol–water partition coefficient (Wildman–Crippen LogP) is 4.83. The predicted molar refractivity (Wildman–Crippen MR) is 103 cm³/mol. The summed E-state index contributed by atoms with van der Waals surface area (Å²) in [5.74, 6) is 0. The molecule has 2 saturated heterocycles. The van der Waals surface area contributed by atoms with Gasteiger partial charge in [0.15, 0.2) is 0 Å². The van der Waals surface area contributed by atoms with Crippen LogP contribution in [-0.4, -0.2) is 41.3 Å². The molecule has 0 radical (unpaired) electrons. The second-order valence-electron chi connectivity index (χ2n) is 7.36. The van der Waals surface area contributed by atoms with Crippen LogP contribution in [0.2, 0.25) is 0 Å². The molecule has 25 heavy (non-hydrogen) atoms. The summed E-state index contributed by atoms with van der Waals surface area (Å²) >= 11 is 1.64. The second-order valence-corrected chi connectivity index (χ2v) is 8.14. The number of carboxylic acid groups (broad SMARTS) is 1. The summed E-state index contributed by atoms with van der Waals surface area (Å²) in [6, 6.07) is 9.27. The highest BCUT2D eigenvalue weighted by atomic mass is 32.1. The van der Waals surface area contributed by atoms with Gasteiger partial charge in [-0.1, -0.05) is 11.6 Å². The van der Waals surface area contributed by atoms with E-state index in [1.54, 1.807) is 16.2 Å². The van der Waals surface area contributed by atoms with Gasteiger partial charge >= 0.3 is 6.09 Å². The van der Waals surface area contributed by atoms with Gasteiger partial charge in [-0.25, -0.2) is 4.79 Å². The molecule has 1 amide bonds. The molecule has 2 aliphatic heterocycles. The van der Waals surface area contributed by atoms with Crippen LogP contribution in [0.5, 0.6) is 0 Å². The lowest BCUT2D eigenvalue weighted by Crippen LogP contribution is -2.50. The maximum Gasteiger partial charge on any atom is 0.412 e. The van der Waals surface area contributed by atoms with Crippen molar-refractivity contribution >= 4 is 23.1 Å². The van der Waals surface area contributed by atoms with Crippen LogP contribution in [0.4, 0.5) is 10.5 Å². The van der Waals surface area contributed by atoms with Crippen molar-refractivity contribution in [2.24, 2.45) is 0 Å². The minimum atomic E-state index is -0.839. The highest BCUT2D eigenvalue weighted by molar-refractivity contribution is 7.08. The van der Waals surface area contributed by atoms with E-state index in [-0.39, 0.29) is 6.04 Å². The molecule has 2 fully saturated rings. The summed E-state index contributed by atoms with van der Waals surface area (Å²) in [7, 11) is 2.19. The van der Waals surface area contributed by atoms with Gasteiger partial charge < -0.3 is 10.0 Å². The molecule has 1 aromatic heterocycles. The Morgan fingerprint density at radius 2 is 1.96 bits per heavy atom. The van der Waals surface area contributed by atoms with Crippen molar-refractivity contribution in [3.8, 4) is 11.1 Å². The van der Waals surface area contributed by atoms with E-state index in [1.807, 2.05) is 17.5 Å². The third-order valence-electron chi connectivity index (χ3n) is 5.89. The molecule has 3 heterocycles. The van der Waals surface area contributed by atoms with Crippen molar-refractivity contribution in [1.29, 1.82) is 0 Å². The molecule has 0 aliphatic carbocycles. The van der Waals surface area contributed by atoms with E-state index in [1.165, 1.54) is 12.8 Å². The molecule has 1 aromatic carbocycles. The summed E-state index contributed by atoms with van der Waals surface area (Å²) in [5.41, 5.74) is 4.10. The fourth-order valence-electron chi connectivity index (χ4n) is 4.56. The molecule has 0 spiro atoms. The zero-order valence-corrected chi connectivity index (χ0v) is 15.5. The number of rotatable bonds is 3. The number of amides is 1. The van der Waals surface area contributed by atoms with Gasteiger partial charge in [-0.05, 0) is 74.2 Å². The maximum absolute atomic E-state index is 12.2. The Labute approximate surface area is 152 Å². The van der Waals surface area contributed by atoms with Gasteiger partial charge in [-0.2, -0.15) is 11.3 Å². The van der Waals surface area contributed by atoms with Gasteiger partial charge in [0.1, 0.15) is 0 Å². The summed E-state index contributed by atoms with van der Waals surface area (Å²) in [5, 5.41) is 14.2. The topological polar surface area (TPSA) is 43.8 Å². The number of nitrogens with zero attached hydrogens (tertiary/aromatic N) is 2. The number of piperidine rings is 1. The van der Waals surface area contributed by atoms with E-state index in [0.29, 0.717) is 12.1 Å². The molecule has 0 saturated carbocycles. The van der Waals surface area contributed by atoms with Crippen molar-refractivity contribution in [3.05, 3.63) is 40.6 Å². The first-order chi connectivity index (χ1) is 12.0. The fourth-order valence-corrected chi connectivity index (χ4v) is 5.21. The Morgan fingerprint density at radius 1 is 1.24 bits per heavy atom. The minimum Gasteiger partial charge on any atom is -0.465 e. The smallest absolute Gasteiger partial charge is 0.412 e. The number of aryl methyl sites for hydroxylation is 1. The molecule has 0 unspecified atom stereocenters. The first-order valence-electron chi connectivity index (χ1n) is 8.92. The minimum absolute atomic E-state index is 0.0614. The normalized spacial score (nSPS) is 25.9. The van der Waals surface area contributed by atoms with Gasteiger partial charge in [0, 0.05) is 23.7 Å². The molecule has 3 atom stereocenters. The van der Waals surface area contributed by atoms with Crippen LogP contribution >= 0.6 is 11.3 Å². The van der Waals surface area contributed by atoms with Crippen LogP contribution in [0, 0.1) is 6.92 Å². The molecule has 2 bridgehead atoms. The van der Waals surface area contributed by atoms with Crippen molar-refractivity contribution in [2.45, 2.75) is 50.7 Å². The maximum atomic E-state index is 12.2. The van der Waals surface area contributed by atoms with Gasteiger partial charge in [0.25, 0.3) is 0 Å². The molecule has 4 nitrogen and oxygen atoms in total. The number of benzene rings is 1. The number of fused-ring (bicyclic) bond motifs is 2. The van der Waals surface area contributed by atoms with Crippen LogP contribution in [0.15, 0.2) is 35.0 Å². The molecular formula is C20H24N2O2S. The van der Waals surface area contributed by atoms with Crippen molar-refractivity contribution < 1.29 is 9.90 Å². The van der Waals surface area contributed by atoms with Gasteiger partial charge in [0.05, 0.1) is 5.69 Å². The summed E-state index contributed by atoms with van der Waals surface area (Å²) < 4.78 is 0.